The molecule has 0 bridgehead atoms. The van der Waals surface area contributed by atoms with Crippen molar-refractivity contribution in [2.45, 2.75) is 13.0 Å². The van der Waals surface area contributed by atoms with Crippen LogP contribution >= 0.6 is 0 Å². The van der Waals surface area contributed by atoms with E-state index in [9.17, 15) is 4.79 Å². The van der Waals surface area contributed by atoms with Crippen LogP contribution in [0.2, 0.25) is 0 Å². The summed E-state index contributed by atoms with van der Waals surface area (Å²) in [6.45, 7) is 2.37. The second-order valence-electron chi connectivity index (χ2n) is 2.08. The highest BCUT2D eigenvalue weighted by Crippen LogP contribution is 1.97. The summed E-state index contributed by atoms with van der Waals surface area (Å²) in [5.74, 6) is -0.368. The number of Topliss-reactive ketones (excluding diaryl/α,β-unsaturated/α-hetero) is 1. The van der Waals surface area contributed by atoms with E-state index in [2.05, 4.69) is 4.99 Å². The Bertz CT molecular complexity index is 174. The van der Waals surface area contributed by atoms with Crippen molar-refractivity contribution in [1.82, 2.24) is 0 Å². The molecule has 1 N–H and O–H groups in total. The second-order valence-corrected chi connectivity index (χ2v) is 2.08. The molecule has 0 saturated heterocycles. The summed E-state index contributed by atoms with van der Waals surface area (Å²) in [6.07, 6.45) is -1.00. The van der Waals surface area contributed by atoms with E-state index in [1.54, 1.807) is 0 Å². The minimum Gasteiger partial charge on any atom is -0.473 e. The van der Waals surface area contributed by atoms with E-state index in [-0.39, 0.29) is 5.90 Å². The van der Waals surface area contributed by atoms with E-state index in [0.29, 0.717) is 13.2 Å². The van der Waals surface area contributed by atoms with Crippen molar-refractivity contribution in [3.8, 4) is 0 Å². The van der Waals surface area contributed by atoms with E-state index in [1.807, 2.05) is 0 Å². The molecule has 0 spiro atoms. The molecule has 10 heavy (non-hydrogen) atoms. The third-order valence-electron chi connectivity index (χ3n) is 1.18. The predicted molar refractivity (Wildman–Crippen MR) is 34.9 cm³/mol. The van der Waals surface area contributed by atoms with Gasteiger partial charge in [-0.3, -0.25) is 4.79 Å². The highest BCUT2D eigenvalue weighted by molar-refractivity contribution is 6.38. The van der Waals surface area contributed by atoms with E-state index < -0.39 is 11.9 Å². The Kier molecular flexibility index (Phi) is 2.01. The average Bonchev–Trinajstić information content (AvgIpc) is 2.36. The first-order valence-corrected chi connectivity index (χ1v) is 3.11. The lowest BCUT2D eigenvalue weighted by Gasteiger charge is -2.01. The van der Waals surface area contributed by atoms with Gasteiger partial charge < -0.3 is 9.84 Å². The fourth-order valence-electron chi connectivity index (χ4n) is 0.663. The Balaban J connectivity index is 2.56. The summed E-state index contributed by atoms with van der Waals surface area (Å²) in [5, 5.41) is 8.77. The third kappa shape index (κ3) is 1.33. The summed E-state index contributed by atoms with van der Waals surface area (Å²) in [5.41, 5.74) is 0. The smallest absolute Gasteiger partial charge is 0.256 e. The van der Waals surface area contributed by atoms with Crippen LogP contribution in [0.15, 0.2) is 4.99 Å². The molecule has 1 unspecified atom stereocenters. The highest BCUT2D eigenvalue weighted by atomic mass is 16.5. The minimum absolute atomic E-state index is 0.0648. The van der Waals surface area contributed by atoms with Crippen LogP contribution in [-0.4, -0.2) is 36.0 Å². The number of nitrogens with zero attached hydrogens (tertiary/aromatic N) is 1. The molecule has 0 aromatic heterocycles. The Morgan fingerprint density at radius 2 is 2.60 bits per heavy atom. The lowest BCUT2D eigenvalue weighted by atomic mass is 10.2. The molecule has 1 aliphatic rings. The molecule has 0 saturated carbocycles. The van der Waals surface area contributed by atoms with Crippen molar-refractivity contribution in [3.63, 3.8) is 0 Å². The number of carbonyl (C=O) groups excluding carboxylic acids is 1. The predicted octanol–water partition coefficient (Wildman–Crippen LogP) is -0.635. The molecule has 1 rings (SSSR count). The first kappa shape index (κ1) is 7.21. The molecule has 0 amide bonds. The average molecular weight is 143 g/mol. The highest BCUT2D eigenvalue weighted by Gasteiger charge is 2.20. The van der Waals surface area contributed by atoms with Crippen molar-refractivity contribution < 1.29 is 14.6 Å². The van der Waals surface area contributed by atoms with E-state index in [4.69, 9.17) is 9.84 Å². The van der Waals surface area contributed by atoms with Crippen molar-refractivity contribution in [1.29, 1.82) is 0 Å². The molecular formula is C6H9NO3. The fourth-order valence-corrected chi connectivity index (χ4v) is 0.663. The van der Waals surface area contributed by atoms with Gasteiger partial charge in [-0.15, -0.1) is 0 Å². The molecule has 1 atom stereocenters. The number of ether oxygens (including phenoxy) is 1. The van der Waals surface area contributed by atoms with Gasteiger partial charge in [0.15, 0.2) is 0 Å². The van der Waals surface area contributed by atoms with Gasteiger partial charge in [-0.1, -0.05) is 0 Å². The van der Waals surface area contributed by atoms with Crippen molar-refractivity contribution in [3.05, 3.63) is 0 Å². The lowest BCUT2D eigenvalue weighted by molar-refractivity contribution is -0.120. The quantitative estimate of drug-likeness (QED) is 0.559. The van der Waals surface area contributed by atoms with Gasteiger partial charge >= 0.3 is 0 Å². The Morgan fingerprint density at radius 1 is 1.90 bits per heavy atom. The zero-order valence-electron chi connectivity index (χ0n) is 5.70. The van der Waals surface area contributed by atoms with E-state index >= 15 is 0 Å². The van der Waals surface area contributed by atoms with Crippen LogP contribution in [0, 0.1) is 0 Å². The Hall–Kier alpha value is -0.900. The van der Waals surface area contributed by atoms with Gasteiger partial charge in [0.25, 0.3) is 5.90 Å². The van der Waals surface area contributed by atoms with Crippen molar-refractivity contribution in [2.75, 3.05) is 13.2 Å². The van der Waals surface area contributed by atoms with E-state index in [1.165, 1.54) is 6.92 Å². The van der Waals surface area contributed by atoms with Crippen LogP contribution in [0.3, 0.4) is 0 Å². The number of hydrogen-bond acceptors (Lipinski definition) is 4. The van der Waals surface area contributed by atoms with Gasteiger partial charge in [0.1, 0.15) is 12.7 Å². The van der Waals surface area contributed by atoms with Crippen molar-refractivity contribution >= 4 is 11.7 Å². The summed E-state index contributed by atoms with van der Waals surface area (Å²) in [6, 6.07) is 0. The first-order valence-electron chi connectivity index (χ1n) is 3.11. The van der Waals surface area contributed by atoms with Crippen LogP contribution in [0.4, 0.5) is 0 Å². The number of carbonyl (C=O) groups is 1. The summed E-state index contributed by atoms with van der Waals surface area (Å²) in [7, 11) is 0. The van der Waals surface area contributed by atoms with Gasteiger partial charge in [-0.05, 0) is 6.92 Å². The molecule has 1 heterocycles. The number of aliphatic imine (C=N–C) groups is 1. The molecule has 0 aromatic rings. The number of rotatable bonds is 2. The molecule has 0 fully saturated rings. The minimum atomic E-state index is -1.00. The first-order chi connectivity index (χ1) is 4.72. The molecule has 0 aromatic carbocycles. The number of aliphatic hydroxyl groups is 1. The fraction of sp³-hybridized carbons (Fsp3) is 0.667. The lowest BCUT2D eigenvalue weighted by Crippen LogP contribution is -2.25. The molecule has 1 aliphatic heterocycles. The van der Waals surface area contributed by atoms with E-state index in [0.717, 1.165) is 0 Å². The number of ketones is 1. The zero-order valence-corrected chi connectivity index (χ0v) is 5.70. The standard InChI is InChI=1S/C6H9NO3/c1-4(8)5(9)6-7-2-3-10-6/h4,8H,2-3H2,1H3. The molecule has 0 aliphatic carbocycles. The Labute approximate surface area is 58.5 Å². The van der Waals surface area contributed by atoms with Gasteiger partial charge in [0, 0.05) is 0 Å². The zero-order chi connectivity index (χ0) is 7.56. The van der Waals surface area contributed by atoms with Crippen LogP contribution in [0.25, 0.3) is 0 Å². The summed E-state index contributed by atoms with van der Waals surface area (Å²) >= 11 is 0. The van der Waals surface area contributed by atoms with Gasteiger partial charge in [0.05, 0.1) is 6.54 Å². The topological polar surface area (TPSA) is 58.9 Å². The maximum atomic E-state index is 10.8. The molecule has 56 valence electrons. The molecule has 4 heteroatoms. The normalized spacial score (nSPS) is 19.6. The summed E-state index contributed by atoms with van der Waals surface area (Å²) < 4.78 is 4.82. The van der Waals surface area contributed by atoms with Crippen LogP contribution < -0.4 is 0 Å². The maximum Gasteiger partial charge on any atom is 0.256 e. The molecular weight excluding hydrogens is 134 g/mol. The Morgan fingerprint density at radius 3 is 3.00 bits per heavy atom. The van der Waals surface area contributed by atoms with Crippen LogP contribution in [0.1, 0.15) is 6.92 Å². The largest absolute Gasteiger partial charge is 0.473 e. The third-order valence-corrected chi connectivity index (χ3v) is 1.18. The summed E-state index contributed by atoms with van der Waals surface area (Å²) in [4.78, 5) is 14.6. The van der Waals surface area contributed by atoms with Crippen molar-refractivity contribution in [2.24, 2.45) is 4.99 Å². The van der Waals surface area contributed by atoms with Gasteiger partial charge in [-0.2, -0.15) is 0 Å². The molecule has 4 nitrogen and oxygen atoms in total. The monoisotopic (exact) mass is 143 g/mol. The SMILES string of the molecule is CC(O)C(=O)C1=NCCO1. The van der Waals surface area contributed by atoms with Crippen LogP contribution in [-0.2, 0) is 9.53 Å². The second kappa shape index (κ2) is 2.79. The molecule has 0 radical (unpaired) electrons. The maximum absolute atomic E-state index is 10.8. The van der Waals surface area contributed by atoms with Crippen LogP contribution in [0.5, 0.6) is 0 Å². The number of hydrogen-bond donors (Lipinski definition) is 1. The number of aliphatic hydroxyl groups excluding tert-OH is 1. The van der Waals surface area contributed by atoms with Gasteiger partial charge in [-0.25, -0.2) is 4.99 Å². The van der Waals surface area contributed by atoms with Gasteiger partial charge in [0.2, 0.25) is 5.78 Å².